The van der Waals surface area contributed by atoms with E-state index in [9.17, 15) is 4.79 Å². The minimum Gasteiger partial charge on any atom is -0.516 e. The van der Waals surface area contributed by atoms with Crippen LogP contribution in [0.2, 0.25) is 18.1 Å². The second-order valence-electron chi connectivity index (χ2n) is 4.60. The first kappa shape index (κ1) is 15.4. The number of carbonyl (C=O) groups is 1. The molecule has 0 bridgehead atoms. The summed E-state index contributed by atoms with van der Waals surface area (Å²) in [6.07, 6.45) is 3.32. The van der Waals surface area contributed by atoms with Gasteiger partial charge in [0, 0.05) is 5.57 Å². The van der Waals surface area contributed by atoms with Crippen molar-refractivity contribution in [3.05, 3.63) is 12.2 Å². The van der Waals surface area contributed by atoms with Crippen LogP contribution in [0.5, 0.6) is 0 Å². The Labute approximate surface area is 101 Å². The highest BCUT2D eigenvalue weighted by Gasteiger charge is 2.35. The van der Waals surface area contributed by atoms with Crippen molar-refractivity contribution in [3.8, 4) is 0 Å². The largest absolute Gasteiger partial charge is 0.516 e. The molecule has 0 aromatic carbocycles. The third-order valence-corrected chi connectivity index (χ3v) is 7.63. The molecule has 16 heavy (non-hydrogen) atoms. The molecular formula is C13H26O2Si. The van der Waals surface area contributed by atoms with Crippen molar-refractivity contribution in [2.45, 2.75) is 65.1 Å². The first-order valence-corrected chi connectivity index (χ1v) is 8.93. The van der Waals surface area contributed by atoms with Crippen LogP contribution in [0, 0.1) is 0 Å². The Morgan fingerprint density at radius 2 is 1.44 bits per heavy atom. The molecule has 0 atom stereocenters. The van der Waals surface area contributed by atoms with Crippen molar-refractivity contribution in [3.63, 3.8) is 0 Å². The number of hydrogen-bond acceptors (Lipinski definition) is 2. The molecule has 2 nitrogen and oxygen atoms in total. The Hall–Kier alpha value is -0.573. The van der Waals surface area contributed by atoms with E-state index in [4.69, 9.17) is 4.43 Å². The molecule has 0 amide bonds. The molecule has 0 saturated carbocycles. The van der Waals surface area contributed by atoms with Crippen molar-refractivity contribution in [2.24, 2.45) is 0 Å². The Morgan fingerprint density at radius 3 is 1.69 bits per heavy atom. The zero-order valence-electron chi connectivity index (χ0n) is 11.3. The van der Waals surface area contributed by atoms with Crippen LogP contribution < -0.4 is 0 Å². The third-order valence-electron chi connectivity index (χ3n) is 2.77. The molecule has 3 heteroatoms. The Balaban J connectivity index is 4.71. The zero-order valence-corrected chi connectivity index (χ0v) is 12.3. The molecule has 0 aromatic rings. The molecule has 0 N–H and O–H groups in total. The average molecular weight is 242 g/mol. The van der Waals surface area contributed by atoms with E-state index in [0.29, 0.717) is 5.57 Å². The molecule has 0 aromatic heterocycles. The zero-order chi connectivity index (χ0) is 12.6. The standard InChI is InChI=1S/C13H26O2Si/c1-6-9-16(10-7-2,11-8-3)15-13(14)12(4)5/h4,6-11H2,1-3,5H3. The minimum atomic E-state index is -1.83. The summed E-state index contributed by atoms with van der Waals surface area (Å²) in [5.74, 6) is -0.179. The molecule has 0 saturated heterocycles. The predicted molar refractivity (Wildman–Crippen MR) is 72.0 cm³/mol. The van der Waals surface area contributed by atoms with Crippen molar-refractivity contribution >= 4 is 14.3 Å². The van der Waals surface area contributed by atoms with Gasteiger partial charge in [-0.2, -0.15) is 0 Å². The van der Waals surface area contributed by atoms with E-state index in [1.54, 1.807) is 6.92 Å². The van der Waals surface area contributed by atoms with E-state index in [1.807, 2.05) is 0 Å². The van der Waals surface area contributed by atoms with Gasteiger partial charge in [0.2, 0.25) is 0 Å². The number of rotatable bonds is 8. The molecule has 0 aliphatic rings. The summed E-state index contributed by atoms with van der Waals surface area (Å²) in [7, 11) is -1.83. The molecule has 0 radical (unpaired) electrons. The van der Waals surface area contributed by atoms with Crippen molar-refractivity contribution in [1.82, 2.24) is 0 Å². The van der Waals surface area contributed by atoms with E-state index in [0.717, 1.165) is 37.4 Å². The molecule has 0 fully saturated rings. The van der Waals surface area contributed by atoms with E-state index >= 15 is 0 Å². The fourth-order valence-electron chi connectivity index (χ4n) is 2.18. The molecule has 0 aliphatic heterocycles. The SMILES string of the molecule is C=C(C)C(=O)O[Si](CCC)(CCC)CCC. The lowest BCUT2D eigenvalue weighted by atomic mass is 10.4. The first-order valence-electron chi connectivity index (χ1n) is 6.40. The number of carbonyl (C=O) groups excluding carboxylic acids is 1. The number of hydrogen-bond donors (Lipinski definition) is 0. The van der Waals surface area contributed by atoms with Crippen molar-refractivity contribution in [2.75, 3.05) is 0 Å². The van der Waals surface area contributed by atoms with Crippen LogP contribution in [-0.2, 0) is 9.22 Å². The van der Waals surface area contributed by atoms with Crippen molar-refractivity contribution < 1.29 is 9.22 Å². The highest BCUT2D eigenvalue weighted by molar-refractivity contribution is 6.75. The van der Waals surface area contributed by atoms with Gasteiger partial charge in [0.15, 0.2) is 0 Å². The summed E-state index contributed by atoms with van der Waals surface area (Å²) in [5.41, 5.74) is 0.528. The smallest absolute Gasteiger partial charge is 0.319 e. The monoisotopic (exact) mass is 242 g/mol. The maximum Gasteiger partial charge on any atom is 0.319 e. The van der Waals surface area contributed by atoms with E-state index in [-0.39, 0.29) is 5.97 Å². The Morgan fingerprint density at radius 1 is 1.06 bits per heavy atom. The molecule has 0 spiro atoms. The molecule has 94 valence electrons. The van der Waals surface area contributed by atoms with Crippen LogP contribution in [0.4, 0.5) is 0 Å². The second-order valence-corrected chi connectivity index (χ2v) is 8.67. The van der Waals surface area contributed by atoms with Gasteiger partial charge in [-0.05, 0) is 25.1 Å². The highest BCUT2D eigenvalue weighted by Crippen LogP contribution is 2.28. The van der Waals surface area contributed by atoms with Crippen LogP contribution in [0.1, 0.15) is 47.0 Å². The van der Waals surface area contributed by atoms with Gasteiger partial charge in [-0.1, -0.05) is 46.6 Å². The Kier molecular flexibility index (Phi) is 7.39. The molecule has 0 unspecified atom stereocenters. The lowest BCUT2D eigenvalue weighted by Gasteiger charge is -2.30. The maximum absolute atomic E-state index is 11.7. The van der Waals surface area contributed by atoms with Gasteiger partial charge in [0.05, 0.1) is 0 Å². The average Bonchev–Trinajstić information content (AvgIpc) is 2.18. The van der Waals surface area contributed by atoms with Crippen LogP contribution in [0.3, 0.4) is 0 Å². The summed E-state index contributed by atoms with van der Waals surface area (Å²) in [5, 5.41) is 0. The van der Waals surface area contributed by atoms with Gasteiger partial charge in [-0.3, -0.25) is 0 Å². The quantitative estimate of drug-likeness (QED) is 0.469. The predicted octanol–water partition coefficient (Wildman–Crippen LogP) is 4.28. The summed E-state index contributed by atoms with van der Waals surface area (Å²) < 4.78 is 5.82. The summed E-state index contributed by atoms with van der Waals surface area (Å²) in [6, 6.07) is 3.27. The van der Waals surface area contributed by atoms with E-state index in [1.165, 1.54) is 0 Å². The van der Waals surface area contributed by atoms with Crippen molar-refractivity contribution in [1.29, 1.82) is 0 Å². The van der Waals surface area contributed by atoms with Gasteiger partial charge >= 0.3 is 5.97 Å². The molecule has 0 aliphatic carbocycles. The Bertz CT molecular complexity index is 219. The maximum atomic E-state index is 11.7. The topological polar surface area (TPSA) is 26.3 Å². The lowest BCUT2D eigenvalue weighted by Crippen LogP contribution is -2.40. The van der Waals surface area contributed by atoms with E-state index in [2.05, 4.69) is 27.4 Å². The summed E-state index contributed by atoms with van der Waals surface area (Å²) in [4.78, 5) is 11.7. The van der Waals surface area contributed by atoms with Gasteiger partial charge < -0.3 is 4.43 Å². The normalized spacial score (nSPS) is 11.2. The molecule has 0 rings (SSSR count). The van der Waals surface area contributed by atoms with Crippen LogP contribution in [0.25, 0.3) is 0 Å². The first-order chi connectivity index (χ1) is 7.51. The van der Waals surface area contributed by atoms with E-state index < -0.39 is 8.32 Å². The van der Waals surface area contributed by atoms with Gasteiger partial charge in [-0.25, -0.2) is 4.79 Å². The molecular weight excluding hydrogens is 216 g/mol. The van der Waals surface area contributed by atoms with Gasteiger partial charge in [0.25, 0.3) is 8.32 Å². The highest BCUT2D eigenvalue weighted by atomic mass is 28.4. The fraction of sp³-hybridized carbons (Fsp3) is 0.769. The van der Waals surface area contributed by atoms with Crippen LogP contribution in [-0.4, -0.2) is 14.3 Å². The lowest BCUT2D eigenvalue weighted by molar-refractivity contribution is -0.131. The summed E-state index contributed by atoms with van der Waals surface area (Å²) >= 11 is 0. The summed E-state index contributed by atoms with van der Waals surface area (Å²) in [6.45, 7) is 11.9. The van der Waals surface area contributed by atoms with Crippen LogP contribution >= 0.6 is 0 Å². The van der Waals surface area contributed by atoms with Gasteiger partial charge in [-0.15, -0.1) is 0 Å². The third kappa shape index (κ3) is 4.97. The minimum absolute atomic E-state index is 0.179. The van der Waals surface area contributed by atoms with Crippen LogP contribution in [0.15, 0.2) is 12.2 Å². The second kappa shape index (κ2) is 7.66. The fourth-order valence-corrected chi connectivity index (χ4v) is 6.54. The van der Waals surface area contributed by atoms with Gasteiger partial charge in [0.1, 0.15) is 0 Å². The molecule has 0 heterocycles.